The first-order valence-electron chi connectivity index (χ1n) is 7.40. The van der Waals surface area contributed by atoms with Crippen molar-refractivity contribution >= 4 is 11.7 Å². The van der Waals surface area contributed by atoms with Crippen molar-refractivity contribution < 1.29 is 9.53 Å². The molecule has 1 saturated heterocycles. The number of carbonyl (C=O) groups is 1. The van der Waals surface area contributed by atoms with Crippen LogP contribution in [0.5, 0.6) is 0 Å². The second-order valence-corrected chi connectivity index (χ2v) is 4.61. The van der Waals surface area contributed by atoms with Gasteiger partial charge in [-0.05, 0) is 25.8 Å². The molecule has 0 unspecified atom stereocenters. The quantitative estimate of drug-likeness (QED) is 0.779. The third-order valence-corrected chi connectivity index (χ3v) is 3.22. The molecule has 1 fully saturated rings. The number of hydrogen-bond donors (Lipinski definition) is 0. The highest BCUT2D eigenvalue weighted by Crippen LogP contribution is 2.23. The standard InChI is InChI=1S/C13H19N3O2.C2H6/c1-10-9-11(12(15-14-10)13(17)18-2)16-7-5-3-4-6-8-16;1-2/h9H,3-8H2,1-2H3;1-2H3. The van der Waals surface area contributed by atoms with E-state index in [2.05, 4.69) is 15.1 Å². The zero-order chi connectivity index (χ0) is 15.0. The van der Waals surface area contributed by atoms with Crippen LogP contribution in [-0.2, 0) is 4.74 Å². The van der Waals surface area contributed by atoms with Gasteiger partial charge >= 0.3 is 5.97 Å². The Bertz CT molecular complexity index is 427. The van der Waals surface area contributed by atoms with Crippen LogP contribution in [-0.4, -0.2) is 36.4 Å². The van der Waals surface area contributed by atoms with Crippen LogP contribution in [0.4, 0.5) is 5.69 Å². The average molecular weight is 279 g/mol. The Balaban J connectivity index is 0.000000956. The summed E-state index contributed by atoms with van der Waals surface area (Å²) in [5, 5.41) is 7.94. The molecule has 0 radical (unpaired) electrons. The maximum absolute atomic E-state index is 11.7. The molecule has 1 aliphatic heterocycles. The number of methoxy groups -OCH3 is 1. The normalized spacial score (nSPS) is 14.9. The van der Waals surface area contributed by atoms with Crippen LogP contribution in [0, 0.1) is 6.92 Å². The Kier molecular flexibility index (Phi) is 6.98. The third kappa shape index (κ3) is 4.18. The summed E-state index contributed by atoms with van der Waals surface area (Å²) in [5.74, 6) is -0.415. The van der Waals surface area contributed by atoms with Crippen molar-refractivity contribution in [3.8, 4) is 0 Å². The largest absolute Gasteiger partial charge is 0.464 e. The van der Waals surface area contributed by atoms with Gasteiger partial charge in [-0.3, -0.25) is 0 Å². The van der Waals surface area contributed by atoms with E-state index < -0.39 is 5.97 Å². The lowest BCUT2D eigenvalue weighted by Crippen LogP contribution is -2.27. The maximum Gasteiger partial charge on any atom is 0.360 e. The lowest BCUT2D eigenvalue weighted by molar-refractivity contribution is 0.0593. The Morgan fingerprint density at radius 2 is 1.75 bits per heavy atom. The van der Waals surface area contributed by atoms with Gasteiger partial charge < -0.3 is 9.64 Å². The predicted octanol–water partition coefficient (Wildman–Crippen LogP) is 2.98. The zero-order valence-corrected chi connectivity index (χ0v) is 13.0. The SMILES string of the molecule is CC.COC(=O)c1nnc(C)cc1N1CCCCCC1. The van der Waals surface area contributed by atoms with Gasteiger partial charge in [-0.15, -0.1) is 5.10 Å². The molecule has 5 heteroatoms. The number of anilines is 1. The fraction of sp³-hybridized carbons (Fsp3) is 0.667. The molecule has 1 aliphatic rings. The lowest BCUT2D eigenvalue weighted by Gasteiger charge is -2.23. The first kappa shape index (κ1) is 16.4. The van der Waals surface area contributed by atoms with E-state index >= 15 is 0 Å². The van der Waals surface area contributed by atoms with Crippen molar-refractivity contribution in [2.75, 3.05) is 25.1 Å². The van der Waals surface area contributed by atoms with E-state index in [1.54, 1.807) is 0 Å². The zero-order valence-electron chi connectivity index (χ0n) is 13.0. The van der Waals surface area contributed by atoms with Crippen molar-refractivity contribution in [2.24, 2.45) is 0 Å². The second-order valence-electron chi connectivity index (χ2n) is 4.61. The van der Waals surface area contributed by atoms with E-state index in [0.717, 1.165) is 37.3 Å². The molecule has 5 nitrogen and oxygen atoms in total. The van der Waals surface area contributed by atoms with Crippen molar-refractivity contribution in [1.29, 1.82) is 0 Å². The molecular formula is C15H25N3O2. The topological polar surface area (TPSA) is 55.3 Å². The molecule has 2 heterocycles. The van der Waals surface area contributed by atoms with Crippen LogP contribution in [0.25, 0.3) is 0 Å². The van der Waals surface area contributed by atoms with Gasteiger partial charge in [0.15, 0.2) is 5.69 Å². The van der Waals surface area contributed by atoms with E-state index in [1.807, 2.05) is 26.8 Å². The second kappa shape index (κ2) is 8.51. The summed E-state index contributed by atoms with van der Waals surface area (Å²) < 4.78 is 4.77. The molecule has 20 heavy (non-hydrogen) atoms. The summed E-state index contributed by atoms with van der Waals surface area (Å²) in [6.07, 6.45) is 4.81. The molecular weight excluding hydrogens is 254 g/mol. The molecule has 0 aromatic carbocycles. The van der Waals surface area contributed by atoms with Crippen LogP contribution in [0.3, 0.4) is 0 Å². The van der Waals surface area contributed by atoms with Crippen molar-refractivity contribution in [3.63, 3.8) is 0 Å². The number of ether oxygens (including phenoxy) is 1. The molecule has 112 valence electrons. The van der Waals surface area contributed by atoms with Crippen LogP contribution in [0.2, 0.25) is 0 Å². The molecule has 0 spiro atoms. The van der Waals surface area contributed by atoms with E-state index in [0.29, 0.717) is 5.69 Å². The summed E-state index contributed by atoms with van der Waals surface area (Å²) in [7, 11) is 1.37. The number of nitrogens with zero attached hydrogens (tertiary/aromatic N) is 3. The molecule has 0 bridgehead atoms. The molecule has 0 N–H and O–H groups in total. The van der Waals surface area contributed by atoms with Crippen LogP contribution >= 0.6 is 0 Å². The highest BCUT2D eigenvalue weighted by Gasteiger charge is 2.20. The first-order chi connectivity index (χ1) is 9.72. The molecule has 1 aromatic heterocycles. The summed E-state index contributed by atoms with van der Waals surface area (Å²) in [4.78, 5) is 13.9. The van der Waals surface area contributed by atoms with Gasteiger partial charge in [0.2, 0.25) is 0 Å². The molecule has 0 saturated carbocycles. The van der Waals surface area contributed by atoms with Gasteiger partial charge in [0.1, 0.15) is 0 Å². The Morgan fingerprint density at radius 3 is 2.30 bits per heavy atom. The van der Waals surface area contributed by atoms with Gasteiger partial charge in [-0.25, -0.2) is 4.79 Å². The average Bonchev–Trinajstić information content (AvgIpc) is 2.77. The Morgan fingerprint density at radius 1 is 1.15 bits per heavy atom. The first-order valence-corrected chi connectivity index (χ1v) is 7.40. The Hall–Kier alpha value is -1.65. The van der Waals surface area contributed by atoms with Crippen LogP contribution in [0.1, 0.15) is 55.7 Å². The highest BCUT2D eigenvalue weighted by atomic mass is 16.5. The van der Waals surface area contributed by atoms with E-state index in [-0.39, 0.29) is 0 Å². The minimum atomic E-state index is -0.415. The van der Waals surface area contributed by atoms with Crippen molar-refractivity contribution in [1.82, 2.24) is 10.2 Å². The third-order valence-electron chi connectivity index (χ3n) is 3.22. The smallest absolute Gasteiger partial charge is 0.360 e. The molecule has 0 aliphatic carbocycles. The summed E-state index contributed by atoms with van der Waals surface area (Å²) >= 11 is 0. The lowest BCUT2D eigenvalue weighted by atomic mass is 10.2. The number of rotatable bonds is 2. The predicted molar refractivity (Wildman–Crippen MR) is 80.1 cm³/mol. The number of aryl methyl sites for hydroxylation is 1. The summed E-state index contributed by atoms with van der Waals surface area (Å²) in [6.45, 7) is 7.82. The molecule has 1 aromatic rings. The minimum Gasteiger partial charge on any atom is -0.464 e. The fourth-order valence-corrected chi connectivity index (χ4v) is 2.27. The number of carbonyl (C=O) groups excluding carboxylic acids is 1. The van der Waals surface area contributed by atoms with Gasteiger partial charge in [-0.2, -0.15) is 5.10 Å². The van der Waals surface area contributed by atoms with Gasteiger partial charge in [0.05, 0.1) is 18.5 Å². The minimum absolute atomic E-state index is 0.324. The van der Waals surface area contributed by atoms with Gasteiger partial charge in [-0.1, -0.05) is 26.7 Å². The van der Waals surface area contributed by atoms with Crippen LogP contribution < -0.4 is 4.90 Å². The number of aromatic nitrogens is 2. The monoisotopic (exact) mass is 279 g/mol. The highest BCUT2D eigenvalue weighted by molar-refractivity contribution is 5.93. The maximum atomic E-state index is 11.7. The number of hydrogen-bond acceptors (Lipinski definition) is 5. The van der Waals surface area contributed by atoms with E-state index in [4.69, 9.17) is 4.74 Å². The van der Waals surface area contributed by atoms with Crippen LogP contribution in [0.15, 0.2) is 6.07 Å². The number of esters is 1. The molecule has 0 amide bonds. The van der Waals surface area contributed by atoms with E-state index in [1.165, 1.54) is 20.0 Å². The van der Waals surface area contributed by atoms with E-state index in [9.17, 15) is 4.79 Å². The van der Waals surface area contributed by atoms with Gasteiger partial charge in [0, 0.05) is 13.1 Å². The van der Waals surface area contributed by atoms with Crippen molar-refractivity contribution in [3.05, 3.63) is 17.5 Å². The fourth-order valence-electron chi connectivity index (χ4n) is 2.27. The molecule has 0 atom stereocenters. The molecule has 2 rings (SSSR count). The van der Waals surface area contributed by atoms with Crippen molar-refractivity contribution in [2.45, 2.75) is 46.5 Å². The van der Waals surface area contributed by atoms with Gasteiger partial charge in [0.25, 0.3) is 0 Å². The Labute approximate surface area is 121 Å². The summed E-state index contributed by atoms with van der Waals surface area (Å²) in [6, 6.07) is 1.92. The summed E-state index contributed by atoms with van der Waals surface area (Å²) in [5.41, 5.74) is 2.00.